The minimum absolute atomic E-state index is 0.127. The second-order valence-corrected chi connectivity index (χ2v) is 5.60. The lowest BCUT2D eigenvalue weighted by molar-refractivity contribution is -0.384. The Morgan fingerprint density at radius 3 is 2.52 bits per heavy atom. The average Bonchev–Trinajstić information content (AvgIpc) is 3.01. The molecule has 3 rings (SSSR count). The molecule has 0 aliphatic carbocycles. The van der Waals surface area contributed by atoms with Gasteiger partial charge in [0.05, 0.1) is 4.92 Å². The van der Waals surface area contributed by atoms with E-state index in [1.54, 1.807) is 12.1 Å². The van der Waals surface area contributed by atoms with Crippen molar-refractivity contribution >= 4 is 5.69 Å². The zero-order valence-corrected chi connectivity index (χ0v) is 12.9. The van der Waals surface area contributed by atoms with E-state index in [-0.39, 0.29) is 17.4 Å². The van der Waals surface area contributed by atoms with Gasteiger partial charge in [-0.05, 0) is 36.7 Å². The normalized spacial score (nSPS) is 12.6. The van der Waals surface area contributed by atoms with Crippen LogP contribution in [-0.4, -0.2) is 30.2 Å². The zero-order valence-electron chi connectivity index (χ0n) is 12.9. The first-order valence-electron chi connectivity index (χ1n) is 7.42. The van der Waals surface area contributed by atoms with Crippen molar-refractivity contribution in [2.24, 2.45) is 0 Å². The van der Waals surface area contributed by atoms with Gasteiger partial charge in [0.15, 0.2) is 11.5 Å². The molecule has 0 atom stereocenters. The molecule has 0 bridgehead atoms. The molecule has 0 N–H and O–H groups in total. The molecule has 1 aliphatic heterocycles. The summed E-state index contributed by atoms with van der Waals surface area (Å²) >= 11 is 0. The van der Waals surface area contributed by atoms with Gasteiger partial charge in [0.1, 0.15) is 0 Å². The number of rotatable bonds is 6. The summed E-state index contributed by atoms with van der Waals surface area (Å²) in [6, 6.07) is 12.7. The van der Waals surface area contributed by atoms with E-state index < -0.39 is 0 Å². The van der Waals surface area contributed by atoms with Gasteiger partial charge in [-0.2, -0.15) is 0 Å². The standard InChI is InChI=1S/C17H18N2O4/c1-18(9-8-13-2-5-15(6-3-13)19(20)21)11-14-4-7-16-17(10-14)23-12-22-16/h2-7,10H,8-9,11-12H2,1H3. The molecule has 0 saturated heterocycles. The van der Waals surface area contributed by atoms with Gasteiger partial charge in [0.2, 0.25) is 6.79 Å². The van der Waals surface area contributed by atoms with Crippen LogP contribution in [0.15, 0.2) is 42.5 Å². The number of nitro benzene ring substituents is 1. The Kier molecular flexibility index (Phi) is 4.43. The van der Waals surface area contributed by atoms with Gasteiger partial charge in [0, 0.05) is 25.2 Å². The second-order valence-electron chi connectivity index (χ2n) is 5.60. The lowest BCUT2D eigenvalue weighted by Gasteiger charge is -2.17. The molecular formula is C17H18N2O4. The molecule has 120 valence electrons. The predicted molar refractivity (Wildman–Crippen MR) is 85.7 cm³/mol. The van der Waals surface area contributed by atoms with Gasteiger partial charge in [-0.15, -0.1) is 0 Å². The quantitative estimate of drug-likeness (QED) is 0.606. The van der Waals surface area contributed by atoms with Gasteiger partial charge >= 0.3 is 0 Å². The number of fused-ring (bicyclic) bond motifs is 1. The summed E-state index contributed by atoms with van der Waals surface area (Å²) in [6.07, 6.45) is 0.846. The smallest absolute Gasteiger partial charge is 0.269 e. The molecule has 0 amide bonds. The summed E-state index contributed by atoms with van der Waals surface area (Å²) in [5.74, 6) is 1.59. The number of nitrogens with zero attached hydrogens (tertiary/aromatic N) is 2. The summed E-state index contributed by atoms with van der Waals surface area (Å²) < 4.78 is 10.7. The largest absolute Gasteiger partial charge is 0.454 e. The van der Waals surface area contributed by atoms with Crippen molar-refractivity contribution in [3.63, 3.8) is 0 Å². The van der Waals surface area contributed by atoms with Crippen LogP contribution in [-0.2, 0) is 13.0 Å². The minimum atomic E-state index is -0.379. The summed E-state index contributed by atoms with van der Waals surface area (Å²) in [5, 5.41) is 10.6. The van der Waals surface area contributed by atoms with Gasteiger partial charge in [-0.3, -0.25) is 10.1 Å². The Labute approximate surface area is 134 Å². The molecular weight excluding hydrogens is 296 g/mol. The molecule has 6 nitrogen and oxygen atoms in total. The molecule has 0 unspecified atom stereocenters. The molecule has 1 heterocycles. The Hall–Kier alpha value is -2.60. The van der Waals surface area contributed by atoms with Crippen molar-refractivity contribution in [1.82, 2.24) is 4.90 Å². The van der Waals surface area contributed by atoms with Crippen molar-refractivity contribution in [3.05, 3.63) is 63.7 Å². The highest BCUT2D eigenvalue weighted by molar-refractivity contribution is 5.44. The van der Waals surface area contributed by atoms with Crippen molar-refractivity contribution in [3.8, 4) is 11.5 Å². The van der Waals surface area contributed by atoms with Crippen molar-refractivity contribution < 1.29 is 14.4 Å². The molecule has 0 aromatic heterocycles. The summed E-state index contributed by atoms with van der Waals surface area (Å²) in [6.45, 7) is 1.96. The van der Waals surface area contributed by atoms with E-state index in [2.05, 4.69) is 11.9 Å². The molecule has 0 saturated carbocycles. The van der Waals surface area contributed by atoms with E-state index in [4.69, 9.17) is 9.47 Å². The van der Waals surface area contributed by atoms with E-state index in [1.807, 2.05) is 30.3 Å². The number of ether oxygens (including phenoxy) is 2. The Morgan fingerprint density at radius 1 is 1.09 bits per heavy atom. The summed E-state index contributed by atoms with van der Waals surface area (Å²) in [7, 11) is 2.05. The van der Waals surface area contributed by atoms with Crippen LogP contribution in [0, 0.1) is 10.1 Å². The van der Waals surface area contributed by atoms with Gasteiger partial charge in [-0.25, -0.2) is 0 Å². The lowest BCUT2D eigenvalue weighted by Crippen LogP contribution is -2.20. The monoisotopic (exact) mass is 314 g/mol. The summed E-state index contributed by atoms with van der Waals surface area (Å²) in [4.78, 5) is 12.5. The van der Waals surface area contributed by atoms with Crippen LogP contribution < -0.4 is 9.47 Å². The van der Waals surface area contributed by atoms with Gasteiger partial charge < -0.3 is 14.4 Å². The van der Waals surface area contributed by atoms with Crippen LogP contribution in [0.1, 0.15) is 11.1 Å². The maximum Gasteiger partial charge on any atom is 0.269 e. The lowest BCUT2D eigenvalue weighted by atomic mass is 10.1. The third-order valence-corrected chi connectivity index (χ3v) is 3.82. The van der Waals surface area contributed by atoms with Gasteiger partial charge in [0.25, 0.3) is 5.69 Å². The first-order valence-corrected chi connectivity index (χ1v) is 7.42. The van der Waals surface area contributed by atoms with Crippen molar-refractivity contribution in [2.75, 3.05) is 20.4 Å². The Balaban J connectivity index is 1.53. The fraction of sp³-hybridized carbons (Fsp3) is 0.294. The second kappa shape index (κ2) is 6.66. The van der Waals surface area contributed by atoms with Crippen molar-refractivity contribution in [1.29, 1.82) is 0 Å². The highest BCUT2D eigenvalue weighted by Crippen LogP contribution is 2.32. The molecule has 0 radical (unpaired) electrons. The topological polar surface area (TPSA) is 64.8 Å². The molecule has 1 aliphatic rings. The number of likely N-dealkylation sites (N-methyl/N-ethyl adjacent to an activating group) is 1. The third-order valence-electron chi connectivity index (χ3n) is 3.82. The number of nitro groups is 1. The maximum atomic E-state index is 10.6. The summed E-state index contributed by atoms with van der Waals surface area (Å²) in [5.41, 5.74) is 2.39. The predicted octanol–water partition coefficient (Wildman–Crippen LogP) is 3.00. The third kappa shape index (κ3) is 3.78. The Bertz CT molecular complexity index is 700. The first-order chi connectivity index (χ1) is 11.1. The van der Waals surface area contributed by atoms with Crippen LogP contribution >= 0.6 is 0 Å². The SMILES string of the molecule is CN(CCc1ccc([N+](=O)[O-])cc1)Cc1ccc2c(c1)OCO2. The number of non-ortho nitro benzene ring substituents is 1. The Morgan fingerprint density at radius 2 is 1.78 bits per heavy atom. The average molecular weight is 314 g/mol. The molecule has 0 spiro atoms. The molecule has 6 heteroatoms. The van der Waals surface area contributed by atoms with E-state index >= 15 is 0 Å². The van der Waals surface area contributed by atoms with E-state index in [9.17, 15) is 10.1 Å². The maximum absolute atomic E-state index is 10.6. The van der Waals surface area contributed by atoms with Crippen LogP contribution in [0.5, 0.6) is 11.5 Å². The van der Waals surface area contributed by atoms with Crippen LogP contribution in [0.3, 0.4) is 0 Å². The highest BCUT2D eigenvalue weighted by Gasteiger charge is 2.13. The molecule has 2 aromatic rings. The number of hydrogen-bond donors (Lipinski definition) is 0. The zero-order chi connectivity index (χ0) is 16.2. The van der Waals surface area contributed by atoms with Gasteiger partial charge in [-0.1, -0.05) is 18.2 Å². The number of benzene rings is 2. The first kappa shape index (κ1) is 15.3. The van der Waals surface area contributed by atoms with Crippen LogP contribution in [0.4, 0.5) is 5.69 Å². The number of hydrogen-bond acceptors (Lipinski definition) is 5. The fourth-order valence-electron chi connectivity index (χ4n) is 2.53. The van der Waals surface area contributed by atoms with E-state index in [0.29, 0.717) is 0 Å². The van der Waals surface area contributed by atoms with Crippen molar-refractivity contribution in [2.45, 2.75) is 13.0 Å². The van der Waals surface area contributed by atoms with E-state index in [1.165, 1.54) is 5.56 Å². The molecule has 0 fully saturated rings. The fourth-order valence-corrected chi connectivity index (χ4v) is 2.53. The highest BCUT2D eigenvalue weighted by atomic mass is 16.7. The molecule has 23 heavy (non-hydrogen) atoms. The minimum Gasteiger partial charge on any atom is -0.454 e. The van der Waals surface area contributed by atoms with E-state index in [0.717, 1.165) is 36.6 Å². The molecule has 2 aromatic carbocycles. The van der Waals surface area contributed by atoms with Crippen LogP contribution in [0.2, 0.25) is 0 Å². The van der Waals surface area contributed by atoms with Crippen LogP contribution in [0.25, 0.3) is 0 Å².